The average molecular weight is 294 g/mol. The number of carbonyl (C=O) groups excluding carboxylic acids is 1. The molecule has 0 unspecified atom stereocenters. The van der Waals surface area contributed by atoms with Gasteiger partial charge in [0.05, 0.1) is 6.21 Å². The van der Waals surface area contributed by atoms with E-state index in [0.29, 0.717) is 11.1 Å². The molecule has 0 atom stereocenters. The predicted molar refractivity (Wildman–Crippen MR) is 84.1 cm³/mol. The second-order valence-corrected chi connectivity index (χ2v) is 4.81. The van der Waals surface area contributed by atoms with E-state index in [2.05, 4.69) is 10.5 Å². The van der Waals surface area contributed by atoms with Crippen molar-refractivity contribution in [2.45, 2.75) is 6.92 Å². The van der Waals surface area contributed by atoms with Crippen LogP contribution in [0.5, 0.6) is 5.75 Å². The molecule has 3 rings (SSSR count). The molecule has 0 saturated heterocycles. The summed E-state index contributed by atoms with van der Waals surface area (Å²) in [6.45, 7) is 1.83. The molecule has 1 aromatic heterocycles. The SMILES string of the molecule is Cc1c(C(=O)N/N=C\c2ccccc2O)oc2ccccc12. The van der Waals surface area contributed by atoms with Gasteiger partial charge in [-0.3, -0.25) is 4.79 Å². The van der Waals surface area contributed by atoms with Gasteiger partial charge < -0.3 is 9.52 Å². The number of furan rings is 1. The van der Waals surface area contributed by atoms with Crippen LogP contribution >= 0.6 is 0 Å². The largest absolute Gasteiger partial charge is 0.507 e. The van der Waals surface area contributed by atoms with E-state index in [1.165, 1.54) is 6.21 Å². The van der Waals surface area contributed by atoms with Crippen LogP contribution < -0.4 is 5.43 Å². The van der Waals surface area contributed by atoms with Crippen LogP contribution in [0, 0.1) is 6.92 Å². The number of hydrogen-bond acceptors (Lipinski definition) is 4. The quantitative estimate of drug-likeness (QED) is 0.575. The molecule has 5 heteroatoms. The van der Waals surface area contributed by atoms with Crippen LogP contribution in [0.1, 0.15) is 21.7 Å². The maximum Gasteiger partial charge on any atom is 0.307 e. The Morgan fingerprint density at radius 1 is 1.18 bits per heavy atom. The van der Waals surface area contributed by atoms with E-state index in [1.54, 1.807) is 24.3 Å². The van der Waals surface area contributed by atoms with Crippen molar-refractivity contribution in [2.75, 3.05) is 0 Å². The van der Waals surface area contributed by atoms with Gasteiger partial charge in [0.15, 0.2) is 5.76 Å². The van der Waals surface area contributed by atoms with Gasteiger partial charge in [0.1, 0.15) is 11.3 Å². The molecule has 0 radical (unpaired) electrons. The van der Waals surface area contributed by atoms with E-state index in [9.17, 15) is 9.90 Å². The molecule has 0 aliphatic rings. The van der Waals surface area contributed by atoms with E-state index in [-0.39, 0.29) is 11.5 Å². The smallest absolute Gasteiger partial charge is 0.307 e. The number of hydrogen-bond donors (Lipinski definition) is 2. The third kappa shape index (κ3) is 2.56. The van der Waals surface area contributed by atoms with Crippen LogP contribution in [-0.2, 0) is 0 Å². The molecule has 1 heterocycles. The number of nitrogens with zero attached hydrogens (tertiary/aromatic N) is 1. The zero-order valence-electron chi connectivity index (χ0n) is 11.9. The molecule has 3 aromatic rings. The van der Waals surface area contributed by atoms with Crippen LogP contribution in [0.15, 0.2) is 58.0 Å². The van der Waals surface area contributed by atoms with Crippen molar-refractivity contribution in [3.8, 4) is 5.75 Å². The summed E-state index contributed by atoms with van der Waals surface area (Å²) >= 11 is 0. The first kappa shape index (κ1) is 13.9. The second kappa shape index (κ2) is 5.73. The lowest BCUT2D eigenvalue weighted by Gasteiger charge is -1.98. The number of amides is 1. The van der Waals surface area contributed by atoms with Gasteiger partial charge in [-0.05, 0) is 25.1 Å². The number of hydrazone groups is 1. The average Bonchev–Trinajstić information content (AvgIpc) is 2.87. The van der Waals surface area contributed by atoms with Crippen molar-refractivity contribution >= 4 is 23.1 Å². The Morgan fingerprint density at radius 2 is 1.91 bits per heavy atom. The van der Waals surface area contributed by atoms with Gasteiger partial charge in [-0.25, -0.2) is 5.43 Å². The standard InChI is InChI=1S/C17H14N2O3/c1-11-13-7-3-5-9-15(13)22-16(11)17(21)19-18-10-12-6-2-4-8-14(12)20/h2-10,20H,1H3,(H,19,21)/b18-10-. The fourth-order valence-corrected chi connectivity index (χ4v) is 2.20. The minimum Gasteiger partial charge on any atom is -0.507 e. The lowest BCUT2D eigenvalue weighted by Crippen LogP contribution is -2.17. The van der Waals surface area contributed by atoms with E-state index >= 15 is 0 Å². The molecular formula is C17H14N2O3. The summed E-state index contributed by atoms with van der Waals surface area (Å²) in [6, 6.07) is 14.2. The van der Waals surface area contributed by atoms with Crippen molar-refractivity contribution in [2.24, 2.45) is 5.10 Å². The second-order valence-electron chi connectivity index (χ2n) is 4.81. The maximum absolute atomic E-state index is 12.1. The summed E-state index contributed by atoms with van der Waals surface area (Å²) < 4.78 is 5.55. The predicted octanol–water partition coefficient (Wildman–Crippen LogP) is 3.21. The number of para-hydroxylation sites is 2. The molecule has 0 aliphatic carbocycles. The van der Waals surface area contributed by atoms with Crippen molar-refractivity contribution in [3.05, 3.63) is 65.4 Å². The van der Waals surface area contributed by atoms with E-state index in [1.807, 2.05) is 31.2 Å². The number of nitrogens with one attached hydrogen (secondary N) is 1. The summed E-state index contributed by atoms with van der Waals surface area (Å²) in [7, 11) is 0. The van der Waals surface area contributed by atoms with Gasteiger partial charge in [-0.2, -0.15) is 5.10 Å². The number of phenols is 1. The van der Waals surface area contributed by atoms with Crippen molar-refractivity contribution < 1.29 is 14.3 Å². The zero-order valence-corrected chi connectivity index (χ0v) is 11.9. The fraction of sp³-hybridized carbons (Fsp3) is 0.0588. The van der Waals surface area contributed by atoms with Gasteiger partial charge in [0.2, 0.25) is 0 Å². The number of fused-ring (bicyclic) bond motifs is 1. The lowest BCUT2D eigenvalue weighted by molar-refractivity contribution is 0.0929. The molecule has 1 amide bonds. The molecular weight excluding hydrogens is 280 g/mol. The van der Waals surface area contributed by atoms with E-state index in [4.69, 9.17) is 4.42 Å². The van der Waals surface area contributed by atoms with Gasteiger partial charge in [0.25, 0.3) is 0 Å². The highest BCUT2D eigenvalue weighted by atomic mass is 16.3. The van der Waals surface area contributed by atoms with Crippen LogP contribution in [0.3, 0.4) is 0 Å². The first-order chi connectivity index (χ1) is 10.7. The van der Waals surface area contributed by atoms with Crippen molar-refractivity contribution in [1.82, 2.24) is 5.43 Å². The molecule has 0 fully saturated rings. The number of phenolic OH excluding ortho intramolecular Hbond substituents is 1. The Labute approximate surface area is 126 Å². The normalized spacial score (nSPS) is 11.1. The highest BCUT2D eigenvalue weighted by molar-refractivity contribution is 5.99. The van der Waals surface area contributed by atoms with Gasteiger partial charge >= 0.3 is 5.91 Å². The van der Waals surface area contributed by atoms with Crippen LogP contribution in [0.2, 0.25) is 0 Å². The zero-order chi connectivity index (χ0) is 15.5. The third-order valence-corrected chi connectivity index (χ3v) is 3.36. The first-order valence-electron chi connectivity index (χ1n) is 6.76. The number of aryl methyl sites for hydroxylation is 1. The fourth-order valence-electron chi connectivity index (χ4n) is 2.20. The number of rotatable bonds is 3. The first-order valence-corrected chi connectivity index (χ1v) is 6.76. The summed E-state index contributed by atoms with van der Waals surface area (Å²) in [5.41, 5.74) is 4.35. The van der Waals surface area contributed by atoms with Gasteiger partial charge in [-0.1, -0.05) is 30.3 Å². The van der Waals surface area contributed by atoms with Crippen LogP contribution in [0.4, 0.5) is 0 Å². The minimum atomic E-state index is -0.430. The Morgan fingerprint density at radius 3 is 2.68 bits per heavy atom. The number of aromatic hydroxyl groups is 1. The molecule has 0 saturated carbocycles. The Balaban J connectivity index is 1.79. The maximum atomic E-state index is 12.1. The summed E-state index contributed by atoms with van der Waals surface area (Å²) in [4.78, 5) is 12.1. The van der Waals surface area contributed by atoms with Crippen molar-refractivity contribution in [3.63, 3.8) is 0 Å². The Kier molecular flexibility index (Phi) is 3.62. The Hall–Kier alpha value is -3.08. The minimum absolute atomic E-state index is 0.0976. The van der Waals surface area contributed by atoms with Crippen LogP contribution in [0.25, 0.3) is 11.0 Å². The molecule has 2 aromatic carbocycles. The topological polar surface area (TPSA) is 74.8 Å². The molecule has 2 N–H and O–H groups in total. The molecule has 0 spiro atoms. The van der Waals surface area contributed by atoms with Crippen molar-refractivity contribution in [1.29, 1.82) is 0 Å². The number of carbonyl (C=O) groups is 1. The molecule has 110 valence electrons. The van der Waals surface area contributed by atoms with Crippen LogP contribution in [-0.4, -0.2) is 17.2 Å². The lowest BCUT2D eigenvalue weighted by atomic mass is 10.1. The van der Waals surface area contributed by atoms with E-state index < -0.39 is 5.91 Å². The summed E-state index contributed by atoms with van der Waals surface area (Å²) in [5, 5.41) is 14.4. The number of benzene rings is 2. The van der Waals surface area contributed by atoms with Gasteiger partial charge in [0, 0.05) is 16.5 Å². The highest BCUT2D eigenvalue weighted by Gasteiger charge is 2.16. The molecule has 5 nitrogen and oxygen atoms in total. The van der Waals surface area contributed by atoms with E-state index in [0.717, 1.165) is 10.9 Å². The summed E-state index contributed by atoms with van der Waals surface area (Å²) in [6.07, 6.45) is 1.38. The highest BCUT2D eigenvalue weighted by Crippen LogP contribution is 2.24. The Bertz CT molecular complexity index is 865. The molecule has 0 aliphatic heterocycles. The summed E-state index contributed by atoms with van der Waals surface area (Å²) in [5.74, 6) is -0.101. The molecule has 22 heavy (non-hydrogen) atoms. The van der Waals surface area contributed by atoms with Gasteiger partial charge in [-0.15, -0.1) is 0 Å². The third-order valence-electron chi connectivity index (χ3n) is 3.36. The monoisotopic (exact) mass is 294 g/mol. The molecule has 0 bridgehead atoms.